The molecule has 0 unspecified atom stereocenters. The molecule has 2 heterocycles. The maximum Gasteiger partial charge on any atom is 0.335 e. The number of hydrogen-bond donors (Lipinski definition) is 2. The Hall–Kier alpha value is -4.11. The number of benzene rings is 3. The topological polar surface area (TPSA) is 114 Å². The maximum atomic E-state index is 14.6. The third-order valence-corrected chi connectivity index (χ3v) is 8.07. The Morgan fingerprint density at radius 3 is 2.60 bits per heavy atom. The largest absolute Gasteiger partial charge is 0.496 e. The number of aromatic carboxylic acids is 1. The van der Waals surface area contributed by atoms with Gasteiger partial charge in [-0.2, -0.15) is 0 Å². The molecule has 1 spiro atoms. The number of hydrogen-bond acceptors (Lipinski definition) is 6. The molecule has 5 rings (SSSR count). The second-order valence-corrected chi connectivity index (χ2v) is 10.4. The standard InChI is InChI=1S/C31H34N2O7/c1-4-19(2)28(34)32-27-29(35)33(24-7-5-6-8-26(24)40-31(27)13-15-39-16-14-31)18-23-22-11-9-21(30(36)37)17-20(22)10-12-25(23)38-3/h5-12,17,19,27H,4,13-16,18H2,1-3H3,(H,32,34)(H,36,37)/t19-,27-/m1/s1. The molecule has 0 bridgehead atoms. The third-order valence-electron chi connectivity index (χ3n) is 8.07. The second kappa shape index (κ2) is 11.2. The summed E-state index contributed by atoms with van der Waals surface area (Å²) in [6, 6.07) is 14.9. The molecule has 1 saturated heterocycles. The Kier molecular flexibility index (Phi) is 7.67. The van der Waals surface area contributed by atoms with Crippen molar-refractivity contribution in [2.24, 2.45) is 5.92 Å². The van der Waals surface area contributed by atoms with Crippen molar-refractivity contribution < 1.29 is 33.7 Å². The smallest absolute Gasteiger partial charge is 0.335 e. The lowest BCUT2D eigenvalue weighted by atomic mass is 9.84. The Balaban J connectivity index is 1.64. The van der Waals surface area contributed by atoms with Crippen molar-refractivity contribution in [1.82, 2.24) is 5.32 Å². The normalized spacial score (nSPS) is 18.9. The zero-order valence-corrected chi connectivity index (χ0v) is 22.9. The number of carboxylic acid groups (broad SMARTS) is 1. The summed E-state index contributed by atoms with van der Waals surface area (Å²) < 4.78 is 18.0. The number of nitrogens with zero attached hydrogens (tertiary/aromatic N) is 1. The predicted octanol–water partition coefficient (Wildman–Crippen LogP) is 4.55. The van der Waals surface area contributed by atoms with Crippen molar-refractivity contribution in [3.8, 4) is 11.5 Å². The van der Waals surface area contributed by atoms with E-state index in [1.807, 2.05) is 38.1 Å². The molecule has 9 nitrogen and oxygen atoms in total. The van der Waals surface area contributed by atoms with E-state index in [9.17, 15) is 19.5 Å². The molecule has 0 aliphatic carbocycles. The van der Waals surface area contributed by atoms with Gasteiger partial charge in [-0.1, -0.05) is 38.1 Å². The molecule has 40 heavy (non-hydrogen) atoms. The van der Waals surface area contributed by atoms with Gasteiger partial charge in [-0.05, 0) is 47.5 Å². The Morgan fingerprint density at radius 1 is 1.15 bits per heavy atom. The fourth-order valence-corrected chi connectivity index (χ4v) is 5.50. The minimum atomic E-state index is -1.02. The van der Waals surface area contributed by atoms with Crippen molar-refractivity contribution in [1.29, 1.82) is 0 Å². The molecule has 3 aromatic carbocycles. The molecule has 3 aromatic rings. The first-order valence-corrected chi connectivity index (χ1v) is 13.6. The van der Waals surface area contributed by atoms with Crippen LogP contribution in [0.3, 0.4) is 0 Å². The Labute approximate surface area is 233 Å². The third kappa shape index (κ3) is 4.97. The fraction of sp³-hybridized carbons (Fsp3) is 0.387. The highest BCUT2D eigenvalue weighted by Crippen LogP contribution is 2.42. The molecule has 210 valence electrons. The molecule has 1 fully saturated rings. The van der Waals surface area contributed by atoms with Crippen molar-refractivity contribution in [3.63, 3.8) is 0 Å². The predicted molar refractivity (Wildman–Crippen MR) is 150 cm³/mol. The molecule has 9 heteroatoms. The minimum Gasteiger partial charge on any atom is -0.496 e. The van der Waals surface area contributed by atoms with E-state index >= 15 is 0 Å². The first-order chi connectivity index (χ1) is 19.3. The van der Waals surface area contributed by atoms with Gasteiger partial charge in [-0.3, -0.25) is 9.59 Å². The number of fused-ring (bicyclic) bond motifs is 2. The van der Waals surface area contributed by atoms with Gasteiger partial charge in [0.2, 0.25) is 5.91 Å². The summed E-state index contributed by atoms with van der Waals surface area (Å²) in [7, 11) is 1.56. The van der Waals surface area contributed by atoms with Crippen molar-refractivity contribution in [2.45, 2.75) is 51.3 Å². The summed E-state index contributed by atoms with van der Waals surface area (Å²) in [5, 5.41) is 14.0. The molecule has 0 radical (unpaired) electrons. The van der Waals surface area contributed by atoms with Crippen molar-refractivity contribution in [3.05, 3.63) is 65.7 Å². The highest BCUT2D eigenvalue weighted by molar-refractivity contribution is 6.03. The minimum absolute atomic E-state index is 0.119. The molecular weight excluding hydrogens is 512 g/mol. The summed E-state index contributed by atoms with van der Waals surface area (Å²) in [4.78, 5) is 41.0. The second-order valence-electron chi connectivity index (χ2n) is 10.4. The summed E-state index contributed by atoms with van der Waals surface area (Å²) in [6.45, 7) is 4.72. The first kappa shape index (κ1) is 27.5. The van der Waals surface area contributed by atoms with Crippen LogP contribution in [0.5, 0.6) is 11.5 Å². The summed E-state index contributed by atoms with van der Waals surface area (Å²) >= 11 is 0. The van der Waals surface area contributed by atoms with Crippen LogP contribution in [0.15, 0.2) is 54.6 Å². The van der Waals surface area contributed by atoms with Crippen molar-refractivity contribution in [2.75, 3.05) is 25.2 Å². The van der Waals surface area contributed by atoms with Crippen LogP contribution >= 0.6 is 0 Å². The van der Waals surface area contributed by atoms with E-state index < -0.39 is 17.6 Å². The number of carbonyl (C=O) groups is 3. The molecule has 2 aliphatic rings. The lowest BCUT2D eigenvalue weighted by Crippen LogP contribution is -2.64. The monoisotopic (exact) mass is 546 g/mol. The van der Waals surface area contributed by atoms with Crippen LogP contribution in [0.1, 0.15) is 49.0 Å². The summed E-state index contributed by atoms with van der Waals surface area (Å²) in [5.74, 6) is -0.674. The summed E-state index contributed by atoms with van der Waals surface area (Å²) in [6.07, 6.45) is 1.53. The average Bonchev–Trinajstić information content (AvgIpc) is 3.05. The number of methoxy groups -OCH3 is 1. The van der Waals surface area contributed by atoms with Gasteiger partial charge in [0.25, 0.3) is 5.91 Å². The zero-order chi connectivity index (χ0) is 28.4. The van der Waals surface area contributed by atoms with Gasteiger partial charge >= 0.3 is 5.97 Å². The van der Waals surface area contributed by atoms with Crippen LogP contribution < -0.4 is 19.7 Å². The van der Waals surface area contributed by atoms with Gasteiger partial charge in [-0.25, -0.2) is 4.79 Å². The molecular formula is C31H34N2O7. The van der Waals surface area contributed by atoms with Crippen molar-refractivity contribution >= 4 is 34.2 Å². The highest BCUT2D eigenvalue weighted by Gasteiger charge is 2.51. The quantitative estimate of drug-likeness (QED) is 0.447. The SMILES string of the molecule is CC[C@@H](C)C(=O)N[C@@H]1C(=O)N(Cc2c(OC)ccc3cc(C(=O)O)ccc23)c2ccccc2OC12CCOCC2. The Morgan fingerprint density at radius 2 is 1.90 bits per heavy atom. The molecule has 2 N–H and O–H groups in total. The van der Waals surface area contributed by atoms with Gasteiger partial charge in [0.15, 0.2) is 0 Å². The van der Waals surface area contributed by atoms with Gasteiger partial charge in [0.05, 0.1) is 38.1 Å². The van der Waals surface area contributed by atoms with Gasteiger partial charge < -0.3 is 29.5 Å². The van der Waals surface area contributed by atoms with Crippen LogP contribution in [-0.2, 0) is 20.9 Å². The van der Waals surface area contributed by atoms with E-state index in [4.69, 9.17) is 14.2 Å². The highest BCUT2D eigenvalue weighted by atomic mass is 16.5. The van der Waals surface area contributed by atoms with E-state index in [-0.39, 0.29) is 29.8 Å². The summed E-state index contributed by atoms with van der Waals surface area (Å²) in [5.41, 5.74) is 0.500. The number of amides is 2. The molecule has 0 saturated carbocycles. The average molecular weight is 547 g/mol. The maximum absolute atomic E-state index is 14.6. The zero-order valence-electron chi connectivity index (χ0n) is 22.9. The molecule has 2 aliphatic heterocycles. The van der Waals surface area contributed by atoms with E-state index in [0.717, 1.165) is 10.9 Å². The number of para-hydroxylation sites is 2. The molecule has 0 aromatic heterocycles. The van der Waals surface area contributed by atoms with Crippen LogP contribution in [0, 0.1) is 5.92 Å². The molecule has 2 amide bonds. The fourth-order valence-electron chi connectivity index (χ4n) is 5.50. The number of anilines is 1. The lowest BCUT2D eigenvalue weighted by molar-refractivity contribution is -0.138. The van der Waals surface area contributed by atoms with Gasteiger partial charge in [0.1, 0.15) is 23.1 Å². The van der Waals surface area contributed by atoms with Crippen LogP contribution in [0.4, 0.5) is 5.69 Å². The number of ether oxygens (including phenoxy) is 3. The number of nitrogens with one attached hydrogen (secondary N) is 1. The van der Waals surface area contributed by atoms with Crippen LogP contribution in [-0.4, -0.2) is 54.9 Å². The van der Waals surface area contributed by atoms with E-state index in [2.05, 4.69) is 5.32 Å². The van der Waals surface area contributed by atoms with E-state index in [1.165, 1.54) is 0 Å². The van der Waals surface area contributed by atoms with E-state index in [1.54, 1.807) is 42.3 Å². The van der Waals surface area contributed by atoms with Crippen LogP contribution in [0.25, 0.3) is 10.8 Å². The lowest BCUT2D eigenvalue weighted by Gasteiger charge is -2.41. The first-order valence-electron chi connectivity index (χ1n) is 13.6. The number of carbonyl (C=O) groups excluding carboxylic acids is 2. The van der Waals surface area contributed by atoms with E-state index in [0.29, 0.717) is 55.0 Å². The van der Waals surface area contributed by atoms with Crippen LogP contribution in [0.2, 0.25) is 0 Å². The molecule has 2 atom stereocenters. The van der Waals surface area contributed by atoms with Gasteiger partial charge in [-0.15, -0.1) is 0 Å². The number of carboxylic acids is 1. The van der Waals surface area contributed by atoms with Gasteiger partial charge in [0, 0.05) is 24.3 Å². The Bertz CT molecular complexity index is 1450. The number of rotatable bonds is 7.